The molecule has 0 amide bonds. The average molecular weight is 328 g/mol. The molecular formula is C8H8N16+2. The Morgan fingerprint density at radius 2 is 1.96 bits per heavy atom. The van der Waals surface area contributed by atoms with Gasteiger partial charge in [-0.3, -0.25) is 5.10 Å². The van der Waals surface area contributed by atoms with Crippen molar-refractivity contribution in [1.82, 2.24) is 55.3 Å². The Balaban J connectivity index is 1.79. The van der Waals surface area contributed by atoms with Crippen molar-refractivity contribution < 1.29 is 4.79 Å². The second-order valence-corrected chi connectivity index (χ2v) is 4.00. The molecule has 16 nitrogen and oxygen atoms in total. The molecule has 3 heterocycles. The van der Waals surface area contributed by atoms with Gasteiger partial charge < -0.3 is 5.73 Å². The molecular weight excluding hydrogens is 320 g/mol. The van der Waals surface area contributed by atoms with Gasteiger partial charge in [0.25, 0.3) is 12.7 Å². The van der Waals surface area contributed by atoms with Crippen LogP contribution in [0.15, 0.2) is 10.2 Å². The number of aromatic amines is 1. The maximum Gasteiger partial charge on any atom is 0.357 e. The van der Waals surface area contributed by atoms with E-state index < -0.39 is 0 Å². The molecule has 3 rings (SSSR count). The highest BCUT2D eigenvalue weighted by molar-refractivity contribution is 5.31. The summed E-state index contributed by atoms with van der Waals surface area (Å²) in [6, 6.07) is 0. The molecule has 0 spiro atoms. The summed E-state index contributed by atoms with van der Waals surface area (Å²) in [5, 5.41) is 32.7. The first kappa shape index (κ1) is 14.6. The van der Waals surface area contributed by atoms with Gasteiger partial charge in [-0.2, -0.15) is 14.6 Å². The van der Waals surface area contributed by atoms with Crippen LogP contribution >= 0.6 is 0 Å². The average Bonchev–Trinajstić information content (AvgIpc) is 3.16. The molecule has 0 saturated heterocycles. The van der Waals surface area contributed by atoms with E-state index in [0.29, 0.717) is 5.82 Å². The summed E-state index contributed by atoms with van der Waals surface area (Å²) in [6.07, 6.45) is 0.199. The van der Waals surface area contributed by atoms with Gasteiger partial charge in [-0.25, -0.2) is 0 Å². The molecule has 0 fully saturated rings. The zero-order chi connectivity index (χ0) is 16.9. The molecule has 16 heteroatoms. The minimum atomic E-state index is -0.107. The molecule has 0 aliphatic carbocycles. The Morgan fingerprint density at radius 3 is 2.67 bits per heavy atom. The highest BCUT2D eigenvalue weighted by Gasteiger charge is 2.15. The van der Waals surface area contributed by atoms with Gasteiger partial charge in [-0.05, 0) is 0 Å². The lowest BCUT2D eigenvalue weighted by molar-refractivity contribution is -0.0647. The number of nitrogens with zero attached hydrogens (tertiary/aromatic N) is 13. The van der Waals surface area contributed by atoms with Crippen molar-refractivity contribution in [3.63, 3.8) is 0 Å². The van der Waals surface area contributed by atoms with Crippen LogP contribution in [-0.4, -0.2) is 61.8 Å². The summed E-state index contributed by atoms with van der Waals surface area (Å²) in [5.74, 6) is 0.698. The molecule has 0 atom stereocenters. The van der Waals surface area contributed by atoms with E-state index in [0.717, 1.165) is 4.68 Å². The summed E-state index contributed by atoms with van der Waals surface area (Å²) in [5.41, 5.74) is 12.3. The van der Waals surface area contributed by atoms with E-state index in [1.54, 1.807) is 0 Å². The molecule has 118 valence electrons. The van der Waals surface area contributed by atoms with Crippen LogP contribution in [0.3, 0.4) is 0 Å². The maximum atomic E-state index is 6.63. The number of aromatic nitrogens is 10. The number of hydrogen-bond acceptors (Lipinski definition) is 12. The summed E-state index contributed by atoms with van der Waals surface area (Å²) in [6.45, 7) is 3.21. The number of hydrogen-bond donors (Lipinski definition) is 3. The molecule has 0 bridgehead atoms. The second-order valence-electron chi connectivity index (χ2n) is 4.00. The van der Waals surface area contributed by atoms with Crippen molar-refractivity contribution in [1.29, 1.82) is 5.53 Å². The monoisotopic (exact) mass is 328 g/mol. The fraction of sp³-hybridized carbons (Fsp3) is 0.125. The van der Waals surface area contributed by atoms with Crippen molar-refractivity contribution in [2.24, 2.45) is 10.2 Å². The standard InChI is InChI=1S/C8H7N16/c1-11-17-6-12-3(14-18-6)2-4-15-20-8(21-16-4)24-5(9)13-7(22-24)19-23-10/h1-2H2,(H3,9,10,13,19,22)/q+1/p+1. The van der Waals surface area contributed by atoms with Crippen LogP contribution in [-0.2, 0) is 6.42 Å². The van der Waals surface area contributed by atoms with Gasteiger partial charge in [-0.1, -0.05) is 0 Å². The highest BCUT2D eigenvalue weighted by Crippen LogP contribution is 2.10. The van der Waals surface area contributed by atoms with Gasteiger partial charge in [0.05, 0.1) is 11.2 Å². The molecule has 0 saturated carbocycles. The lowest BCUT2D eigenvalue weighted by atomic mass is 10.4. The first-order valence-corrected chi connectivity index (χ1v) is 6.14. The van der Waals surface area contributed by atoms with E-state index in [1.807, 2.05) is 0 Å². The van der Waals surface area contributed by atoms with Crippen LogP contribution in [0.1, 0.15) is 11.6 Å². The molecule has 3 aromatic heterocycles. The number of rotatable bonds is 5. The number of anilines is 1. The normalized spacial score (nSPS) is 10.0. The van der Waals surface area contributed by atoms with E-state index in [4.69, 9.17) is 11.3 Å². The van der Waals surface area contributed by atoms with Gasteiger partial charge in [0.1, 0.15) is 11.4 Å². The van der Waals surface area contributed by atoms with Crippen LogP contribution in [0.5, 0.6) is 0 Å². The van der Waals surface area contributed by atoms with Crippen molar-refractivity contribution in [3.8, 4) is 5.95 Å². The van der Waals surface area contributed by atoms with Crippen molar-refractivity contribution in [2.75, 3.05) is 5.73 Å². The number of nitrogens with two attached hydrogens (primary N) is 1. The molecule has 0 unspecified atom stereocenters. The molecule has 0 aliphatic heterocycles. The van der Waals surface area contributed by atoms with E-state index in [2.05, 4.69) is 72.3 Å². The number of H-pyrrole nitrogens is 1. The van der Waals surface area contributed by atoms with Crippen LogP contribution < -0.4 is 10.6 Å². The Labute approximate surface area is 131 Å². The first-order chi connectivity index (χ1) is 11.7. The second kappa shape index (κ2) is 6.22. The lowest BCUT2D eigenvalue weighted by Gasteiger charge is -1.98. The van der Waals surface area contributed by atoms with Crippen LogP contribution in [0.25, 0.3) is 5.95 Å². The third-order valence-corrected chi connectivity index (χ3v) is 2.47. The highest BCUT2D eigenvalue weighted by atomic mass is 15.5. The summed E-state index contributed by atoms with van der Waals surface area (Å²) < 4.78 is 1.06. The van der Waals surface area contributed by atoms with Crippen molar-refractivity contribution in [2.45, 2.75) is 6.42 Å². The summed E-state index contributed by atoms with van der Waals surface area (Å²) in [7, 11) is 0. The van der Waals surface area contributed by atoms with Gasteiger partial charge >= 0.3 is 11.9 Å². The quantitative estimate of drug-likeness (QED) is 0.275. The zero-order valence-electron chi connectivity index (χ0n) is 11.8. The van der Waals surface area contributed by atoms with E-state index >= 15 is 0 Å². The lowest BCUT2D eigenvalue weighted by Crippen LogP contribution is -2.11. The Kier molecular flexibility index (Phi) is 3.80. The first-order valence-electron chi connectivity index (χ1n) is 6.14. The van der Waals surface area contributed by atoms with Gasteiger partial charge in [0.15, 0.2) is 10.9 Å². The molecule has 0 aliphatic rings. The topological polar surface area (TPSA) is 227 Å². The Morgan fingerprint density at radius 1 is 1.17 bits per heavy atom. The fourth-order valence-corrected chi connectivity index (χ4v) is 1.57. The van der Waals surface area contributed by atoms with Crippen LogP contribution in [0.2, 0.25) is 0 Å². The van der Waals surface area contributed by atoms with E-state index in [-0.39, 0.29) is 36.0 Å². The minimum absolute atomic E-state index is 0.0145. The zero-order valence-corrected chi connectivity index (χ0v) is 11.8. The SMILES string of the molecule is C=[N+]=Nc1n[nH]c(Cc2nnc(-n3nc(N=[N+]=N)nc3N)nn2)n1. The molecule has 0 radical (unpaired) electrons. The largest absolute Gasteiger partial charge is 0.368 e. The predicted octanol–water partition coefficient (Wildman–Crippen LogP) is -1.69. The van der Waals surface area contributed by atoms with Gasteiger partial charge in [-0.15, -0.1) is 30.6 Å². The maximum absolute atomic E-state index is 6.63. The predicted molar refractivity (Wildman–Crippen MR) is 72.6 cm³/mol. The van der Waals surface area contributed by atoms with Gasteiger partial charge in [0, 0.05) is 0 Å². The van der Waals surface area contributed by atoms with Crippen LogP contribution in [0, 0.1) is 5.53 Å². The Bertz CT molecular complexity index is 950. The van der Waals surface area contributed by atoms with Crippen molar-refractivity contribution >= 4 is 24.6 Å². The summed E-state index contributed by atoms with van der Waals surface area (Å²) >= 11 is 0. The molecule has 0 aromatic carbocycles. The molecule has 24 heavy (non-hydrogen) atoms. The fourth-order valence-electron chi connectivity index (χ4n) is 1.57. The summed E-state index contributed by atoms with van der Waals surface area (Å²) in [4.78, 5) is 13.9. The third-order valence-electron chi connectivity index (χ3n) is 2.47. The van der Waals surface area contributed by atoms with Crippen molar-refractivity contribution in [3.05, 3.63) is 11.6 Å². The number of nitrogens with one attached hydrogen (secondary N) is 2. The van der Waals surface area contributed by atoms with Crippen LogP contribution in [0.4, 0.5) is 17.8 Å². The Hall–Kier alpha value is -4.29. The van der Waals surface area contributed by atoms with Gasteiger partial charge in [0.2, 0.25) is 16.0 Å². The number of nitrogen functional groups attached to an aromatic ring is 1. The smallest absolute Gasteiger partial charge is 0.357 e. The molecule has 4 N–H and O–H groups in total. The van der Waals surface area contributed by atoms with E-state index in [9.17, 15) is 0 Å². The third kappa shape index (κ3) is 2.98. The molecule has 3 aromatic rings. The minimum Gasteiger partial charge on any atom is -0.368 e. The van der Waals surface area contributed by atoms with E-state index in [1.165, 1.54) is 0 Å².